The summed E-state index contributed by atoms with van der Waals surface area (Å²) in [7, 11) is 0. The van der Waals surface area contributed by atoms with Crippen LogP contribution in [0.1, 0.15) is 37.7 Å². The van der Waals surface area contributed by atoms with E-state index in [0.29, 0.717) is 19.5 Å². The second kappa shape index (κ2) is 8.71. The van der Waals surface area contributed by atoms with Crippen LogP contribution in [0.5, 0.6) is 0 Å². The van der Waals surface area contributed by atoms with E-state index in [1.165, 1.54) is 0 Å². The van der Waals surface area contributed by atoms with Crippen molar-refractivity contribution in [2.24, 2.45) is 5.41 Å². The van der Waals surface area contributed by atoms with E-state index in [1.807, 2.05) is 30.3 Å². The van der Waals surface area contributed by atoms with Gasteiger partial charge in [0.1, 0.15) is 6.61 Å². The molecule has 2 amide bonds. The molecular formula is C20H28N2O5. The number of aliphatic hydroxyl groups excluding tert-OH is 2. The standard InChI is InChI=1S/C20H28N2O5/c23-13-16(21-19(26)27-14-15-4-2-1-3-5-15)6-7-18(25)22-11-10-20(8-9-20)17(24)12-22/h1-5,16-17,23-24H,6-14H2,(H,21,26)/t16-,17+/m0/s1. The first kappa shape index (κ1) is 19.6. The summed E-state index contributed by atoms with van der Waals surface area (Å²) in [6.45, 7) is 0.942. The summed E-state index contributed by atoms with van der Waals surface area (Å²) in [6, 6.07) is 8.78. The van der Waals surface area contributed by atoms with Crippen LogP contribution in [0.2, 0.25) is 0 Å². The Bertz CT molecular complexity index is 647. The monoisotopic (exact) mass is 376 g/mol. The predicted octanol–water partition coefficient (Wildman–Crippen LogP) is 1.43. The zero-order valence-electron chi connectivity index (χ0n) is 15.5. The third-order valence-electron chi connectivity index (χ3n) is 5.69. The van der Waals surface area contributed by atoms with E-state index < -0.39 is 18.2 Å². The predicted molar refractivity (Wildman–Crippen MR) is 98.7 cm³/mol. The Morgan fingerprint density at radius 2 is 2.00 bits per heavy atom. The van der Waals surface area contributed by atoms with Crippen LogP contribution in [-0.2, 0) is 16.1 Å². The number of likely N-dealkylation sites (tertiary alicyclic amines) is 1. The quantitative estimate of drug-likeness (QED) is 0.669. The number of rotatable bonds is 7. The van der Waals surface area contributed by atoms with Crippen LogP contribution < -0.4 is 5.32 Å². The van der Waals surface area contributed by atoms with Gasteiger partial charge in [-0.25, -0.2) is 4.79 Å². The summed E-state index contributed by atoms with van der Waals surface area (Å²) in [6.07, 6.45) is 2.45. The lowest BCUT2D eigenvalue weighted by molar-refractivity contribution is -0.136. The summed E-state index contributed by atoms with van der Waals surface area (Å²) < 4.78 is 5.14. The summed E-state index contributed by atoms with van der Waals surface area (Å²) in [4.78, 5) is 26.0. The summed E-state index contributed by atoms with van der Waals surface area (Å²) in [5.74, 6) is -0.0533. The highest BCUT2D eigenvalue weighted by Crippen LogP contribution is 2.53. The maximum absolute atomic E-state index is 12.4. The van der Waals surface area contributed by atoms with Gasteiger partial charge in [0.2, 0.25) is 5.91 Å². The first-order valence-electron chi connectivity index (χ1n) is 9.56. The highest BCUT2D eigenvalue weighted by molar-refractivity contribution is 5.76. The third kappa shape index (κ3) is 5.20. The van der Waals surface area contributed by atoms with Crippen molar-refractivity contribution in [3.63, 3.8) is 0 Å². The molecule has 2 atom stereocenters. The van der Waals surface area contributed by atoms with Crippen LogP contribution >= 0.6 is 0 Å². The number of aliphatic hydroxyl groups is 2. The molecule has 7 heteroatoms. The molecule has 27 heavy (non-hydrogen) atoms. The van der Waals surface area contributed by atoms with Crippen molar-refractivity contribution < 1.29 is 24.5 Å². The minimum absolute atomic E-state index is 0.0533. The number of carbonyl (C=O) groups excluding carboxylic acids is 2. The van der Waals surface area contributed by atoms with Gasteiger partial charge in [0, 0.05) is 19.5 Å². The van der Waals surface area contributed by atoms with Gasteiger partial charge in [-0.15, -0.1) is 0 Å². The largest absolute Gasteiger partial charge is 0.445 e. The number of benzene rings is 1. The first-order valence-corrected chi connectivity index (χ1v) is 9.56. The molecule has 1 saturated carbocycles. The number of amides is 2. The highest BCUT2D eigenvalue weighted by Gasteiger charge is 2.51. The molecule has 1 spiro atoms. The lowest BCUT2D eigenvalue weighted by Gasteiger charge is -2.36. The van der Waals surface area contributed by atoms with Crippen molar-refractivity contribution in [3.05, 3.63) is 35.9 Å². The average Bonchev–Trinajstić information content (AvgIpc) is 3.47. The van der Waals surface area contributed by atoms with Crippen LogP contribution in [0.25, 0.3) is 0 Å². The zero-order chi connectivity index (χ0) is 19.3. The van der Waals surface area contributed by atoms with Crippen molar-refractivity contribution in [1.82, 2.24) is 10.2 Å². The van der Waals surface area contributed by atoms with Gasteiger partial charge in [-0.3, -0.25) is 4.79 Å². The van der Waals surface area contributed by atoms with Gasteiger partial charge in [0.25, 0.3) is 0 Å². The number of hydrogen-bond acceptors (Lipinski definition) is 5. The number of nitrogens with zero attached hydrogens (tertiary/aromatic N) is 1. The van der Waals surface area contributed by atoms with E-state index >= 15 is 0 Å². The van der Waals surface area contributed by atoms with Gasteiger partial charge >= 0.3 is 6.09 Å². The van der Waals surface area contributed by atoms with Crippen LogP contribution in [0.15, 0.2) is 30.3 Å². The maximum atomic E-state index is 12.4. The van der Waals surface area contributed by atoms with E-state index in [2.05, 4.69) is 5.32 Å². The Morgan fingerprint density at radius 3 is 2.63 bits per heavy atom. The van der Waals surface area contributed by atoms with Gasteiger partial charge in [-0.05, 0) is 36.7 Å². The molecule has 1 heterocycles. The normalized spacial score (nSPS) is 21.6. The molecule has 1 aliphatic heterocycles. The molecule has 1 aliphatic carbocycles. The highest BCUT2D eigenvalue weighted by atomic mass is 16.5. The smallest absolute Gasteiger partial charge is 0.407 e. The fraction of sp³-hybridized carbons (Fsp3) is 0.600. The lowest BCUT2D eigenvalue weighted by atomic mass is 9.90. The van der Waals surface area contributed by atoms with Crippen molar-refractivity contribution in [2.45, 2.75) is 50.9 Å². The van der Waals surface area contributed by atoms with E-state index in [1.54, 1.807) is 4.90 Å². The Hall–Kier alpha value is -2.12. The molecule has 1 saturated heterocycles. The average molecular weight is 376 g/mol. The van der Waals surface area contributed by atoms with Gasteiger partial charge in [-0.1, -0.05) is 30.3 Å². The van der Waals surface area contributed by atoms with Crippen molar-refractivity contribution in [3.8, 4) is 0 Å². The van der Waals surface area contributed by atoms with Gasteiger partial charge < -0.3 is 25.2 Å². The fourth-order valence-electron chi connectivity index (χ4n) is 3.58. The second-order valence-corrected chi connectivity index (χ2v) is 7.59. The van der Waals surface area contributed by atoms with Gasteiger partial charge in [0.15, 0.2) is 0 Å². The van der Waals surface area contributed by atoms with Gasteiger partial charge in [-0.2, -0.15) is 0 Å². The van der Waals surface area contributed by atoms with Crippen molar-refractivity contribution in [2.75, 3.05) is 19.7 Å². The van der Waals surface area contributed by atoms with Crippen LogP contribution in [0.3, 0.4) is 0 Å². The summed E-state index contributed by atoms with van der Waals surface area (Å²) in [5.41, 5.74) is 0.939. The molecule has 0 bridgehead atoms. The minimum atomic E-state index is -0.616. The number of hydrogen-bond donors (Lipinski definition) is 3. The number of nitrogens with one attached hydrogen (secondary N) is 1. The fourth-order valence-corrected chi connectivity index (χ4v) is 3.58. The number of piperidine rings is 1. The van der Waals surface area contributed by atoms with Crippen LogP contribution in [-0.4, -0.2) is 59.0 Å². The molecule has 0 radical (unpaired) electrons. The van der Waals surface area contributed by atoms with Crippen molar-refractivity contribution >= 4 is 12.0 Å². The zero-order valence-corrected chi connectivity index (χ0v) is 15.5. The minimum Gasteiger partial charge on any atom is -0.445 e. The van der Waals surface area contributed by atoms with E-state index in [4.69, 9.17) is 4.74 Å². The Balaban J connectivity index is 1.38. The molecule has 2 aliphatic rings. The lowest BCUT2D eigenvalue weighted by Crippen LogP contribution is -2.48. The molecule has 0 unspecified atom stereocenters. The number of β-amino-alcohol motifs (C(OH)–C–C–N with tert-alkyl or cyclic N) is 1. The Kier molecular flexibility index (Phi) is 6.34. The molecule has 1 aromatic rings. The molecule has 148 valence electrons. The number of ether oxygens (including phenoxy) is 1. The summed E-state index contributed by atoms with van der Waals surface area (Å²) in [5, 5.41) is 22.3. The SMILES string of the molecule is O=C(N[C@H](CO)CCC(=O)N1CCC2(CC2)[C@H](O)C1)OCc1ccccc1. The van der Waals surface area contributed by atoms with E-state index in [9.17, 15) is 19.8 Å². The second-order valence-electron chi connectivity index (χ2n) is 7.59. The molecule has 0 aromatic heterocycles. The molecular weight excluding hydrogens is 348 g/mol. The number of carbonyl (C=O) groups is 2. The first-order chi connectivity index (χ1) is 13.0. The molecule has 7 nitrogen and oxygen atoms in total. The van der Waals surface area contributed by atoms with Crippen LogP contribution in [0, 0.1) is 5.41 Å². The van der Waals surface area contributed by atoms with E-state index in [0.717, 1.165) is 24.8 Å². The van der Waals surface area contributed by atoms with Crippen LogP contribution in [0.4, 0.5) is 4.79 Å². The topological polar surface area (TPSA) is 99.1 Å². The Morgan fingerprint density at radius 1 is 1.26 bits per heavy atom. The molecule has 3 N–H and O–H groups in total. The number of alkyl carbamates (subject to hydrolysis) is 1. The van der Waals surface area contributed by atoms with Gasteiger partial charge in [0.05, 0.1) is 18.8 Å². The molecule has 3 rings (SSSR count). The van der Waals surface area contributed by atoms with E-state index in [-0.39, 0.29) is 31.0 Å². The molecule has 2 fully saturated rings. The van der Waals surface area contributed by atoms with Crippen molar-refractivity contribution in [1.29, 1.82) is 0 Å². The summed E-state index contributed by atoms with van der Waals surface area (Å²) >= 11 is 0. The Labute approximate surface area is 159 Å². The molecule has 1 aromatic carbocycles. The third-order valence-corrected chi connectivity index (χ3v) is 5.69. The maximum Gasteiger partial charge on any atom is 0.407 e.